The fraction of sp³-hybridized carbons (Fsp3) is 0.600. The molecule has 0 spiro atoms. The molecule has 230 valence electrons. The number of hydrogen-bond donors (Lipinski definition) is 1. The molecule has 3 heterocycles. The predicted octanol–water partition coefficient (Wildman–Crippen LogP) is 6.08. The fourth-order valence-electron chi connectivity index (χ4n) is 8.69. The summed E-state index contributed by atoms with van der Waals surface area (Å²) >= 11 is 0. The van der Waals surface area contributed by atoms with Crippen LogP contribution in [0.15, 0.2) is 48.5 Å². The van der Waals surface area contributed by atoms with E-state index in [1.54, 1.807) is 12.1 Å². The van der Waals surface area contributed by atoms with Crippen LogP contribution in [0.4, 0.5) is 20.6 Å². The maximum atomic E-state index is 14.9. The first-order valence-electron chi connectivity index (χ1n) is 16.3. The highest BCUT2D eigenvalue weighted by Crippen LogP contribution is 2.51. The second-order valence-electron chi connectivity index (χ2n) is 13.3. The maximum absolute atomic E-state index is 14.9. The zero-order valence-electron chi connectivity index (χ0n) is 25.5. The van der Waals surface area contributed by atoms with E-state index in [0.717, 1.165) is 90.0 Å². The van der Waals surface area contributed by atoms with Gasteiger partial charge in [-0.1, -0.05) is 30.7 Å². The molecule has 2 aromatic rings. The second-order valence-corrected chi connectivity index (χ2v) is 13.3. The van der Waals surface area contributed by atoms with E-state index < -0.39 is 0 Å². The minimum atomic E-state index is -0.364. The Labute approximate surface area is 256 Å². The third kappa shape index (κ3) is 6.39. The number of likely N-dealkylation sites (tertiary alicyclic amines) is 2. The number of methoxy groups -OCH3 is 1. The Morgan fingerprint density at radius 3 is 2.47 bits per heavy atom. The van der Waals surface area contributed by atoms with Crippen molar-refractivity contribution in [3.63, 3.8) is 0 Å². The number of piperidine rings is 1. The van der Waals surface area contributed by atoms with Crippen LogP contribution in [0, 0.1) is 30.1 Å². The molecule has 8 heteroatoms. The Balaban J connectivity index is 1.19. The largest absolute Gasteiger partial charge is 0.453 e. The van der Waals surface area contributed by atoms with Gasteiger partial charge >= 0.3 is 6.09 Å². The lowest BCUT2D eigenvalue weighted by molar-refractivity contribution is 0.0235. The topological polar surface area (TPSA) is 52.4 Å². The first-order chi connectivity index (χ1) is 21.0. The number of alkyl carbamates (subject to hydrolysis) is 1. The number of carbonyl (C=O) groups excluding carboxylic acids is 1. The average Bonchev–Trinajstić information content (AvgIpc) is 3.67. The van der Waals surface area contributed by atoms with Gasteiger partial charge in [0.2, 0.25) is 0 Å². The molecule has 3 saturated heterocycles. The normalized spacial score (nSPS) is 26.4. The number of rotatable bonds is 9. The van der Waals surface area contributed by atoms with Crippen molar-refractivity contribution in [2.24, 2.45) is 17.8 Å². The van der Waals surface area contributed by atoms with Crippen LogP contribution in [-0.4, -0.2) is 81.4 Å². The van der Waals surface area contributed by atoms with E-state index in [-0.39, 0.29) is 29.3 Å². The molecule has 0 unspecified atom stereocenters. The molecule has 3 aliphatic heterocycles. The van der Waals surface area contributed by atoms with Crippen molar-refractivity contribution in [2.45, 2.75) is 56.4 Å². The first kappa shape index (κ1) is 29.9. The summed E-state index contributed by atoms with van der Waals surface area (Å²) in [6.45, 7) is 15.7. The van der Waals surface area contributed by atoms with E-state index in [2.05, 4.69) is 43.1 Å². The van der Waals surface area contributed by atoms with Gasteiger partial charge in [-0.2, -0.15) is 0 Å². The van der Waals surface area contributed by atoms with Crippen molar-refractivity contribution < 1.29 is 13.9 Å². The summed E-state index contributed by atoms with van der Waals surface area (Å²) in [7, 11) is 1.43. The summed E-state index contributed by atoms with van der Waals surface area (Å²) in [5.74, 6) is 1.11. The van der Waals surface area contributed by atoms with Crippen molar-refractivity contribution in [1.29, 1.82) is 0 Å². The summed E-state index contributed by atoms with van der Waals surface area (Å²) in [4.78, 5) is 23.6. The van der Waals surface area contributed by atoms with Gasteiger partial charge < -0.3 is 24.8 Å². The summed E-state index contributed by atoms with van der Waals surface area (Å²) in [6.07, 6.45) is 7.25. The summed E-state index contributed by atoms with van der Waals surface area (Å²) in [6, 6.07) is 15.4. The number of halogens is 1. The summed E-state index contributed by atoms with van der Waals surface area (Å²) < 4.78 is 19.9. The number of benzene rings is 2. The predicted molar refractivity (Wildman–Crippen MR) is 168 cm³/mol. The molecule has 1 amide bonds. The molecule has 4 fully saturated rings. The van der Waals surface area contributed by atoms with Crippen LogP contribution in [0.1, 0.15) is 50.5 Å². The minimum Gasteiger partial charge on any atom is -0.453 e. The Bertz CT molecular complexity index is 1290. The molecule has 1 N–H and O–H groups in total. The number of ether oxygens (including phenoxy) is 1. The van der Waals surface area contributed by atoms with Crippen LogP contribution in [0.25, 0.3) is 4.85 Å². The van der Waals surface area contributed by atoms with E-state index in [1.165, 1.54) is 25.6 Å². The van der Waals surface area contributed by atoms with Crippen LogP contribution in [-0.2, 0) is 10.2 Å². The number of carbonyl (C=O) groups is 1. The van der Waals surface area contributed by atoms with Gasteiger partial charge in [-0.05, 0) is 112 Å². The highest BCUT2D eigenvalue weighted by Gasteiger charge is 2.53. The summed E-state index contributed by atoms with van der Waals surface area (Å²) in [5.41, 5.74) is 2.79. The average molecular weight is 588 g/mol. The van der Waals surface area contributed by atoms with Gasteiger partial charge in [0.15, 0.2) is 5.69 Å². The van der Waals surface area contributed by atoms with Crippen molar-refractivity contribution in [3.8, 4) is 0 Å². The number of amides is 1. The fourth-order valence-corrected chi connectivity index (χ4v) is 8.69. The van der Waals surface area contributed by atoms with E-state index >= 15 is 0 Å². The molecule has 2 aromatic carbocycles. The van der Waals surface area contributed by atoms with Crippen LogP contribution in [0.5, 0.6) is 0 Å². The van der Waals surface area contributed by atoms with Gasteiger partial charge in [0.05, 0.1) is 13.7 Å². The summed E-state index contributed by atoms with van der Waals surface area (Å²) in [5, 5.41) is 3.19. The van der Waals surface area contributed by atoms with Gasteiger partial charge in [0.25, 0.3) is 0 Å². The molecule has 0 radical (unpaired) electrons. The quantitative estimate of drug-likeness (QED) is 0.361. The Morgan fingerprint density at radius 2 is 1.79 bits per heavy atom. The van der Waals surface area contributed by atoms with Crippen LogP contribution in [0.3, 0.4) is 0 Å². The number of nitrogens with zero attached hydrogens (tertiary/aromatic N) is 4. The Morgan fingerprint density at radius 1 is 1.00 bits per heavy atom. The smallest absolute Gasteiger partial charge is 0.407 e. The molecule has 7 nitrogen and oxygen atoms in total. The Hall–Kier alpha value is -3.15. The van der Waals surface area contributed by atoms with Gasteiger partial charge in [-0.15, -0.1) is 0 Å². The van der Waals surface area contributed by atoms with Gasteiger partial charge in [-0.3, -0.25) is 0 Å². The van der Waals surface area contributed by atoms with Crippen molar-refractivity contribution in [1.82, 2.24) is 15.1 Å². The number of hydrogen-bond acceptors (Lipinski definition) is 5. The number of nitrogens with one attached hydrogen (secondary N) is 1. The monoisotopic (exact) mass is 587 g/mol. The van der Waals surface area contributed by atoms with E-state index in [0.29, 0.717) is 17.5 Å². The van der Waals surface area contributed by atoms with Gasteiger partial charge in [-0.25, -0.2) is 14.0 Å². The zero-order chi connectivity index (χ0) is 29.8. The lowest BCUT2D eigenvalue weighted by atomic mass is 9.57. The van der Waals surface area contributed by atoms with Crippen molar-refractivity contribution >= 4 is 17.5 Å². The van der Waals surface area contributed by atoms with E-state index in [9.17, 15) is 9.18 Å². The third-order valence-electron chi connectivity index (χ3n) is 10.9. The van der Waals surface area contributed by atoms with E-state index in [4.69, 9.17) is 11.3 Å². The zero-order valence-corrected chi connectivity index (χ0v) is 25.5. The molecule has 0 aromatic heterocycles. The van der Waals surface area contributed by atoms with Crippen molar-refractivity contribution in [3.05, 3.63) is 71.3 Å². The highest BCUT2D eigenvalue weighted by atomic mass is 19.1. The molecule has 6 rings (SSSR count). The molecule has 0 bridgehead atoms. The van der Waals surface area contributed by atoms with E-state index in [1.807, 2.05) is 18.2 Å². The van der Waals surface area contributed by atoms with Gasteiger partial charge in [0.1, 0.15) is 5.82 Å². The molecular weight excluding hydrogens is 541 g/mol. The molecular formula is C35H46FN5O2. The van der Waals surface area contributed by atoms with Crippen LogP contribution in [0.2, 0.25) is 0 Å². The standard InChI is InChI=1S/C35H46FN5O2/c1-37-30-10-12-31(13-11-30)41-21-14-26(24-41)23-39-19-15-27(16-20-39)35(25-40-17-5-18-40,28-6-3-7-29(36)22-28)32-8-4-9-33(32)38-34(42)43-2/h3,6-7,10-13,22,26-27,32-33H,4-5,8-9,14-21,23-25H2,2H3,(H,38,42)/t26-,32+,33+,35+/m1/s1. The van der Waals surface area contributed by atoms with Gasteiger partial charge in [0, 0.05) is 43.3 Å². The lowest BCUT2D eigenvalue weighted by Crippen LogP contribution is -2.59. The molecule has 4 aliphatic rings. The maximum Gasteiger partial charge on any atom is 0.407 e. The first-order valence-corrected chi connectivity index (χ1v) is 16.3. The van der Waals surface area contributed by atoms with Crippen molar-refractivity contribution in [2.75, 3.05) is 64.4 Å². The van der Waals surface area contributed by atoms with Crippen LogP contribution >= 0.6 is 0 Å². The number of anilines is 1. The lowest BCUT2D eigenvalue weighted by Gasteiger charge is -2.53. The molecule has 1 saturated carbocycles. The molecule has 4 atom stereocenters. The second kappa shape index (κ2) is 13.2. The molecule has 43 heavy (non-hydrogen) atoms. The third-order valence-corrected chi connectivity index (χ3v) is 10.9. The Kier molecular flexibility index (Phi) is 9.20. The molecule has 1 aliphatic carbocycles. The highest BCUT2D eigenvalue weighted by molar-refractivity contribution is 5.67. The van der Waals surface area contributed by atoms with Crippen LogP contribution < -0.4 is 10.2 Å². The minimum absolute atomic E-state index is 0.0309. The SMILES string of the molecule is [C-]#[N+]c1ccc(N2CC[C@H](CN3CCC([C@@](CN4CCC4)(c4cccc(F)c4)[C@H]4CCC[C@@H]4NC(=O)OC)CC3)C2)cc1.